The Hall–Kier alpha value is -2.14. The van der Waals surface area contributed by atoms with Crippen LogP contribution in [0.3, 0.4) is 0 Å². The molecule has 1 aromatic heterocycles. The summed E-state index contributed by atoms with van der Waals surface area (Å²) in [7, 11) is 2.09. The van der Waals surface area contributed by atoms with Gasteiger partial charge in [-0.05, 0) is 19.3 Å². The van der Waals surface area contributed by atoms with Crippen LogP contribution in [0.5, 0.6) is 0 Å². The highest BCUT2D eigenvalue weighted by molar-refractivity contribution is 5.61. The summed E-state index contributed by atoms with van der Waals surface area (Å²) < 4.78 is 5.70. The number of anilines is 2. The van der Waals surface area contributed by atoms with Gasteiger partial charge in [-0.1, -0.05) is 43.7 Å². The summed E-state index contributed by atoms with van der Waals surface area (Å²) in [6.45, 7) is 4.87. The normalized spacial score (nSPS) is 16.8. The van der Waals surface area contributed by atoms with E-state index in [9.17, 15) is 0 Å². The van der Waals surface area contributed by atoms with Crippen molar-refractivity contribution in [2.75, 3.05) is 37.0 Å². The van der Waals surface area contributed by atoms with Gasteiger partial charge in [0, 0.05) is 38.4 Å². The van der Waals surface area contributed by atoms with Crippen LogP contribution in [0, 0.1) is 0 Å². The summed E-state index contributed by atoms with van der Waals surface area (Å²) in [5.74, 6) is 2.58. The molecular formula is C20H28N4O. The van der Waals surface area contributed by atoms with E-state index in [0.717, 1.165) is 62.0 Å². The van der Waals surface area contributed by atoms with E-state index >= 15 is 0 Å². The van der Waals surface area contributed by atoms with Crippen LogP contribution in [0.4, 0.5) is 11.6 Å². The zero-order valence-electron chi connectivity index (χ0n) is 15.2. The van der Waals surface area contributed by atoms with Crippen molar-refractivity contribution in [2.45, 2.75) is 38.7 Å². The molecule has 0 spiro atoms. The highest BCUT2D eigenvalue weighted by Crippen LogP contribution is 2.23. The fourth-order valence-electron chi connectivity index (χ4n) is 2.97. The molecule has 0 bridgehead atoms. The monoisotopic (exact) mass is 340 g/mol. The molecule has 0 amide bonds. The third kappa shape index (κ3) is 4.92. The van der Waals surface area contributed by atoms with E-state index in [-0.39, 0.29) is 6.10 Å². The maximum atomic E-state index is 5.70. The van der Waals surface area contributed by atoms with Gasteiger partial charge in [0.2, 0.25) is 0 Å². The molecule has 2 heterocycles. The Morgan fingerprint density at radius 1 is 1.24 bits per heavy atom. The molecule has 1 saturated heterocycles. The van der Waals surface area contributed by atoms with Gasteiger partial charge in [-0.2, -0.15) is 0 Å². The molecule has 0 aliphatic carbocycles. The fourth-order valence-corrected chi connectivity index (χ4v) is 2.97. The molecule has 2 aromatic rings. The lowest BCUT2D eigenvalue weighted by atomic mass is 10.2. The predicted octanol–water partition coefficient (Wildman–Crippen LogP) is 3.97. The van der Waals surface area contributed by atoms with Crippen molar-refractivity contribution >= 4 is 11.6 Å². The van der Waals surface area contributed by atoms with Gasteiger partial charge < -0.3 is 15.0 Å². The quantitative estimate of drug-likeness (QED) is 0.788. The molecule has 0 radical (unpaired) electrons. The second kappa shape index (κ2) is 8.81. The first kappa shape index (κ1) is 17.7. The zero-order chi connectivity index (χ0) is 17.5. The molecule has 134 valence electrons. The topological polar surface area (TPSA) is 50.3 Å². The number of ether oxygens (including phenoxy) is 1. The van der Waals surface area contributed by atoms with Crippen molar-refractivity contribution in [3.05, 3.63) is 36.4 Å². The van der Waals surface area contributed by atoms with Crippen LogP contribution in [0.2, 0.25) is 0 Å². The number of hydrogen-bond donors (Lipinski definition) is 1. The van der Waals surface area contributed by atoms with Crippen LogP contribution in [-0.2, 0) is 4.74 Å². The minimum Gasteiger partial charge on any atom is -0.376 e. The third-order valence-electron chi connectivity index (χ3n) is 4.52. The van der Waals surface area contributed by atoms with Gasteiger partial charge in [0.15, 0.2) is 5.82 Å². The fraction of sp³-hybridized carbons (Fsp3) is 0.500. The van der Waals surface area contributed by atoms with E-state index in [0.29, 0.717) is 0 Å². The first-order valence-corrected chi connectivity index (χ1v) is 9.27. The van der Waals surface area contributed by atoms with Crippen LogP contribution in [0.25, 0.3) is 11.4 Å². The largest absolute Gasteiger partial charge is 0.376 e. The third-order valence-corrected chi connectivity index (χ3v) is 4.52. The van der Waals surface area contributed by atoms with Gasteiger partial charge >= 0.3 is 0 Å². The van der Waals surface area contributed by atoms with Crippen LogP contribution >= 0.6 is 0 Å². The smallest absolute Gasteiger partial charge is 0.163 e. The van der Waals surface area contributed by atoms with E-state index in [1.165, 1.54) is 6.42 Å². The van der Waals surface area contributed by atoms with Gasteiger partial charge in [-0.25, -0.2) is 9.97 Å². The summed E-state index contributed by atoms with van der Waals surface area (Å²) in [6.07, 6.45) is 4.88. The van der Waals surface area contributed by atoms with Crippen LogP contribution in [-0.4, -0.2) is 42.8 Å². The van der Waals surface area contributed by atoms with Gasteiger partial charge in [-0.15, -0.1) is 0 Å². The lowest BCUT2D eigenvalue weighted by molar-refractivity contribution is 0.120. The molecular weight excluding hydrogens is 312 g/mol. The lowest BCUT2D eigenvalue weighted by Gasteiger charge is -2.20. The molecule has 3 rings (SSSR count). The molecule has 1 N–H and O–H groups in total. The SMILES string of the molecule is CCCCN(C)c1cc(NCC2CCCO2)nc(-c2ccccc2)n1. The van der Waals surface area contributed by atoms with E-state index in [4.69, 9.17) is 14.7 Å². The lowest BCUT2D eigenvalue weighted by Crippen LogP contribution is -2.22. The van der Waals surface area contributed by atoms with Crippen molar-refractivity contribution in [1.29, 1.82) is 0 Å². The van der Waals surface area contributed by atoms with Crippen LogP contribution < -0.4 is 10.2 Å². The Morgan fingerprint density at radius 3 is 2.80 bits per heavy atom. The van der Waals surface area contributed by atoms with Crippen molar-refractivity contribution in [3.8, 4) is 11.4 Å². The molecule has 1 aliphatic heterocycles. The Kier molecular flexibility index (Phi) is 6.23. The summed E-state index contributed by atoms with van der Waals surface area (Å²) in [5, 5.41) is 3.45. The number of benzene rings is 1. The second-order valence-corrected chi connectivity index (χ2v) is 6.59. The molecule has 1 aliphatic rings. The summed E-state index contributed by atoms with van der Waals surface area (Å²) in [4.78, 5) is 11.7. The van der Waals surface area contributed by atoms with Gasteiger partial charge in [0.05, 0.1) is 6.10 Å². The molecule has 5 heteroatoms. The van der Waals surface area contributed by atoms with Crippen molar-refractivity contribution in [3.63, 3.8) is 0 Å². The summed E-state index contributed by atoms with van der Waals surface area (Å²) in [5.41, 5.74) is 1.04. The van der Waals surface area contributed by atoms with E-state index in [2.05, 4.69) is 36.3 Å². The minimum absolute atomic E-state index is 0.288. The van der Waals surface area contributed by atoms with Crippen molar-refractivity contribution < 1.29 is 4.74 Å². The Labute approximate surface area is 150 Å². The number of aromatic nitrogens is 2. The average molecular weight is 340 g/mol. The second-order valence-electron chi connectivity index (χ2n) is 6.59. The van der Waals surface area contributed by atoms with Crippen molar-refractivity contribution in [2.24, 2.45) is 0 Å². The first-order valence-electron chi connectivity index (χ1n) is 9.27. The standard InChI is InChI=1S/C20H28N4O/c1-3-4-12-24(2)19-14-18(21-15-17-11-8-13-25-17)22-20(23-19)16-9-6-5-7-10-16/h5-7,9-10,14,17H,3-4,8,11-13,15H2,1-2H3,(H,21,22,23). The van der Waals surface area contributed by atoms with E-state index in [1.807, 2.05) is 24.3 Å². The predicted molar refractivity (Wildman–Crippen MR) is 103 cm³/mol. The zero-order valence-corrected chi connectivity index (χ0v) is 15.2. The number of nitrogens with one attached hydrogen (secondary N) is 1. The van der Waals surface area contributed by atoms with Gasteiger partial charge in [0.25, 0.3) is 0 Å². The summed E-state index contributed by atoms with van der Waals surface area (Å²) in [6, 6.07) is 12.2. The summed E-state index contributed by atoms with van der Waals surface area (Å²) >= 11 is 0. The van der Waals surface area contributed by atoms with Crippen LogP contribution in [0.15, 0.2) is 36.4 Å². The highest BCUT2D eigenvalue weighted by Gasteiger charge is 2.16. The van der Waals surface area contributed by atoms with Gasteiger partial charge in [-0.3, -0.25) is 0 Å². The highest BCUT2D eigenvalue weighted by atomic mass is 16.5. The molecule has 1 aromatic carbocycles. The minimum atomic E-state index is 0.288. The van der Waals surface area contributed by atoms with Crippen LogP contribution in [0.1, 0.15) is 32.6 Å². The number of hydrogen-bond acceptors (Lipinski definition) is 5. The molecule has 1 fully saturated rings. The maximum Gasteiger partial charge on any atom is 0.163 e. The number of rotatable bonds is 8. The van der Waals surface area contributed by atoms with E-state index in [1.54, 1.807) is 0 Å². The van der Waals surface area contributed by atoms with Gasteiger partial charge in [0.1, 0.15) is 11.6 Å². The Morgan fingerprint density at radius 2 is 2.08 bits per heavy atom. The van der Waals surface area contributed by atoms with Crippen molar-refractivity contribution in [1.82, 2.24) is 9.97 Å². The number of unbranched alkanes of at least 4 members (excludes halogenated alkanes) is 1. The number of nitrogens with zero attached hydrogens (tertiary/aromatic N) is 3. The Balaban J connectivity index is 1.82. The molecule has 1 unspecified atom stereocenters. The maximum absolute atomic E-state index is 5.70. The molecule has 0 saturated carbocycles. The first-order chi connectivity index (χ1) is 12.3. The Bertz CT molecular complexity index is 656. The average Bonchev–Trinajstić information content (AvgIpc) is 3.18. The molecule has 5 nitrogen and oxygen atoms in total. The molecule has 25 heavy (non-hydrogen) atoms. The van der Waals surface area contributed by atoms with E-state index < -0.39 is 0 Å². The molecule has 1 atom stereocenters.